The van der Waals surface area contributed by atoms with Crippen LogP contribution in [0.25, 0.3) is 10.7 Å². The smallest absolute Gasteiger partial charge is 0.245 e. The van der Waals surface area contributed by atoms with Gasteiger partial charge in [-0.3, -0.25) is 14.5 Å². The third-order valence-corrected chi connectivity index (χ3v) is 7.37. The lowest BCUT2D eigenvalue weighted by Crippen LogP contribution is -2.53. The fourth-order valence-corrected chi connectivity index (χ4v) is 5.78. The quantitative estimate of drug-likeness (QED) is 0.776. The minimum atomic E-state index is -0.339. The summed E-state index contributed by atoms with van der Waals surface area (Å²) in [5.74, 6) is 2.32. The van der Waals surface area contributed by atoms with E-state index in [1.807, 2.05) is 29.0 Å². The Bertz CT molecular complexity index is 825. The van der Waals surface area contributed by atoms with Gasteiger partial charge < -0.3 is 4.90 Å². The summed E-state index contributed by atoms with van der Waals surface area (Å²) < 4.78 is 2.40. The van der Waals surface area contributed by atoms with Gasteiger partial charge in [-0.2, -0.15) is 5.10 Å². The maximum Gasteiger partial charge on any atom is 0.245 e. The number of nitrogens with zero attached hydrogens (tertiary/aromatic N) is 3. The number of carbonyl (C=O) groups is 1. The van der Waals surface area contributed by atoms with Crippen LogP contribution in [0, 0.1) is 16.6 Å². The average Bonchev–Trinajstić information content (AvgIpc) is 3.30. The third-order valence-electron chi connectivity index (χ3n) is 6.21. The van der Waals surface area contributed by atoms with Crippen molar-refractivity contribution in [1.29, 1.82) is 0 Å². The summed E-state index contributed by atoms with van der Waals surface area (Å²) in [7, 11) is 0. The van der Waals surface area contributed by atoms with Gasteiger partial charge in [0.1, 0.15) is 6.04 Å². The van der Waals surface area contributed by atoms with Crippen LogP contribution in [0.1, 0.15) is 52.0 Å². The molecule has 1 saturated heterocycles. The summed E-state index contributed by atoms with van der Waals surface area (Å²) in [5.41, 5.74) is 0. The second-order valence-corrected chi connectivity index (χ2v) is 9.02. The van der Waals surface area contributed by atoms with Gasteiger partial charge in [0, 0.05) is 12.6 Å². The van der Waals surface area contributed by atoms with E-state index >= 15 is 0 Å². The molecule has 0 spiro atoms. The number of aromatic nitrogens is 3. The molecule has 4 rings (SSSR count). The van der Waals surface area contributed by atoms with E-state index in [4.69, 9.17) is 12.2 Å². The minimum absolute atomic E-state index is 0.184. The molecule has 0 bridgehead atoms. The highest BCUT2D eigenvalue weighted by molar-refractivity contribution is 7.71. The molecule has 1 saturated carbocycles. The number of aromatic amines is 1. The highest BCUT2D eigenvalue weighted by atomic mass is 32.1. The molecule has 2 aromatic heterocycles. The van der Waals surface area contributed by atoms with Gasteiger partial charge in [0.05, 0.1) is 4.88 Å². The van der Waals surface area contributed by atoms with Crippen LogP contribution in [0.5, 0.6) is 0 Å². The summed E-state index contributed by atoms with van der Waals surface area (Å²) in [6.07, 6.45) is 6.04. The Kier molecular flexibility index (Phi) is 5.01. The third kappa shape index (κ3) is 3.05. The first kappa shape index (κ1) is 17.9. The summed E-state index contributed by atoms with van der Waals surface area (Å²) in [4.78, 5) is 16.6. The van der Waals surface area contributed by atoms with Crippen LogP contribution in [0.15, 0.2) is 17.5 Å². The summed E-state index contributed by atoms with van der Waals surface area (Å²) in [6, 6.07) is 4.07. The van der Waals surface area contributed by atoms with Crippen molar-refractivity contribution in [1.82, 2.24) is 19.7 Å². The first-order valence-corrected chi connectivity index (χ1v) is 10.9. The van der Waals surface area contributed by atoms with Crippen LogP contribution in [0.4, 0.5) is 0 Å². The van der Waals surface area contributed by atoms with E-state index in [9.17, 15) is 4.79 Å². The van der Waals surface area contributed by atoms with Crippen molar-refractivity contribution >= 4 is 29.5 Å². The number of nitrogens with one attached hydrogen (secondary N) is 1. The van der Waals surface area contributed by atoms with Gasteiger partial charge in [0.2, 0.25) is 5.91 Å². The van der Waals surface area contributed by atoms with E-state index in [0.29, 0.717) is 16.7 Å². The number of H-pyrrole nitrogens is 1. The van der Waals surface area contributed by atoms with Crippen molar-refractivity contribution in [3.8, 4) is 10.7 Å². The van der Waals surface area contributed by atoms with Gasteiger partial charge in [-0.15, -0.1) is 11.3 Å². The Morgan fingerprint density at radius 1 is 1.38 bits per heavy atom. The SMILES string of the molecule is CC1CCN(C(=O)C(C)n2c(-c3cccs3)n[nH]c2=S)C2CCCCC12. The summed E-state index contributed by atoms with van der Waals surface area (Å²) >= 11 is 7.07. The van der Waals surface area contributed by atoms with E-state index in [0.717, 1.165) is 36.0 Å². The van der Waals surface area contributed by atoms with E-state index < -0.39 is 0 Å². The molecule has 0 aromatic carbocycles. The Balaban J connectivity index is 1.63. The van der Waals surface area contributed by atoms with Crippen molar-refractivity contribution in [3.63, 3.8) is 0 Å². The van der Waals surface area contributed by atoms with Gasteiger partial charge in [-0.1, -0.05) is 25.8 Å². The normalized spacial score (nSPS) is 27.2. The number of fused-ring (bicyclic) bond motifs is 1. The van der Waals surface area contributed by atoms with E-state index in [2.05, 4.69) is 22.0 Å². The maximum absolute atomic E-state index is 13.5. The first-order chi connectivity index (χ1) is 12.6. The molecular weight excluding hydrogens is 364 g/mol. The molecule has 140 valence electrons. The molecule has 1 aliphatic carbocycles. The first-order valence-electron chi connectivity index (χ1n) is 9.59. The molecular formula is C19H26N4OS2. The molecule has 4 unspecified atom stereocenters. The van der Waals surface area contributed by atoms with Crippen LogP contribution in [-0.2, 0) is 4.79 Å². The zero-order valence-electron chi connectivity index (χ0n) is 15.4. The lowest BCUT2D eigenvalue weighted by molar-refractivity contribution is -0.142. The average molecular weight is 391 g/mol. The Hall–Kier alpha value is -1.47. The molecule has 4 atom stereocenters. The van der Waals surface area contributed by atoms with E-state index in [1.54, 1.807) is 11.3 Å². The topological polar surface area (TPSA) is 53.9 Å². The Labute approximate surface area is 163 Å². The van der Waals surface area contributed by atoms with Crippen molar-refractivity contribution in [2.75, 3.05) is 6.54 Å². The van der Waals surface area contributed by atoms with Crippen LogP contribution < -0.4 is 0 Å². The Morgan fingerprint density at radius 2 is 2.19 bits per heavy atom. The van der Waals surface area contributed by atoms with Crippen LogP contribution >= 0.6 is 23.6 Å². The van der Waals surface area contributed by atoms with Gasteiger partial charge in [-0.05, 0) is 61.7 Å². The predicted molar refractivity (Wildman–Crippen MR) is 107 cm³/mol. The fourth-order valence-electron chi connectivity index (χ4n) is 4.78. The molecule has 26 heavy (non-hydrogen) atoms. The van der Waals surface area contributed by atoms with Crippen molar-refractivity contribution < 1.29 is 4.79 Å². The predicted octanol–water partition coefficient (Wildman–Crippen LogP) is 4.66. The van der Waals surface area contributed by atoms with Gasteiger partial charge in [0.25, 0.3) is 0 Å². The highest BCUT2D eigenvalue weighted by Crippen LogP contribution is 2.39. The number of thiophene rings is 1. The van der Waals surface area contributed by atoms with E-state index in [1.165, 1.54) is 19.3 Å². The molecule has 5 nitrogen and oxygen atoms in total. The number of hydrogen-bond donors (Lipinski definition) is 1. The maximum atomic E-state index is 13.5. The van der Waals surface area contributed by atoms with Crippen molar-refractivity contribution in [3.05, 3.63) is 22.3 Å². The largest absolute Gasteiger partial charge is 0.338 e. The molecule has 0 radical (unpaired) electrons. The molecule has 1 N–H and O–H groups in total. The molecule has 2 aromatic rings. The number of piperidine rings is 1. The monoisotopic (exact) mass is 390 g/mol. The molecule has 2 aliphatic rings. The second kappa shape index (κ2) is 7.27. The highest BCUT2D eigenvalue weighted by Gasteiger charge is 2.41. The molecule has 1 aliphatic heterocycles. The van der Waals surface area contributed by atoms with Gasteiger partial charge >= 0.3 is 0 Å². The summed E-state index contributed by atoms with van der Waals surface area (Å²) in [6.45, 7) is 5.18. The van der Waals surface area contributed by atoms with E-state index in [-0.39, 0.29) is 11.9 Å². The summed E-state index contributed by atoms with van der Waals surface area (Å²) in [5, 5.41) is 9.28. The second-order valence-electron chi connectivity index (χ2n) is 7.69. The van der Waals surface area contributed by atoms with Crippen molar-refractivity contribution in [2.45, 2.75) is 58.0 Å². The molecule has 3 heterocycles. The molecule has 2 fully saturated rings. The zero-order chi connectivity index (χ0) is 18.3. The number of carbonyl (C=O) groups excluding carboxylic acids is 1. The standard InChI is InChI=1S/C19H26N4OS2/c1-12-9-10-22(15-7-4-3-6-14(12)15)18(24)13(2)23-17(20-21-19(23)25)16-8-5-11-26-16/h5,8,11-15H,3-4,6-7,9-10H2,1-2H3,(H,21,25). The molecule has 1 amide bonds. The van der Waals surface area contributed by atoms with Crippen molar-refractivity contribution in [2.24, 2.45) is 11.8 Å². The van der Waals surface area contributed by atoms with Crippen LogP contribution in [-0.4, -0.2) is 38.2 Å². The zero-order valence-corrected chi connectivity index (χ0v) is 17.0. The van der Waals surface area contributed by atoms with Crippen LogP contribution in [0.3, 0.4) is 0 Å². The van der Waals surface area contributed by atoms with Gasteiger partial charge in [0.15, 0.2) is 10.6 Å². The lowest BCUT2D eigenvalue weighted by Gasteiger charge is -2.48. The number of hydrogen-bond acceptors (Lipinski definition) is 4. The number of likely N-dealkylation sites (tertiary alicyclic amines) is 1. The Morgan fingerprint density at radius 3 is 2.96 bits per heavy atom. The number of rotatable bonds is 3. The molecule has 7 heteroatoms. The van der Waals surface area contributed by atoms with Crippen LogP contribution in [0.2, 0.25) is 0 Å². The lowest BCUT2D eigenvalue weighted by atomic mass is 9.72. The number of amides is 1. The minimum Gasteiger partial charge on any atom is -0.338 e. The fraction of sp³-hybridized carbons (Fsp3) is 0.632. The van der Waals surface area contributed by atoms with Gasteiger partial charge in [-0.25, -0.2) is 0 Å².